The largest absolute Gasteiger partial charge is 0.355 e. The van der Waals surface area contributed by atoms with Crippen LogP contribution in [0.2, 0.25) is 0 Å². The Morgan fingerprint density at radius 3 is 2.54 bits per heavy atom. The van der Waals surface area contributed by atoms with Crippen LogP contribution >= 0.6 is 0 Å². The van der Waals surface area contributed by atoms with E-state index in [1.165, 1.54) is 12.8 Å². The Labute approximate surface area is 80.5 Å². The maximum Gasteiger partial charge on any atom is 0.216 e. The van der Waals surface area contributed by atoms with Crippen molar-refractivity contribution >= 4 is 5.91 Å². The van der Waals surface area contributed by atoms with Gasteiger partial charge in [0.05, 0.1) is 0 Å². The van der Waals surface area contributed by atoms with Gasteiger partial charge in [-0.05, 0) is 26.7 Å². The van der Waals surface area contributed by atoms with Crippen molar-refractivity contribution in [1.82, 2.24) is 10.2 Å². The lowest BCUT2D eigenvalue weighted by Crippen LogP contribution is -2.39. The van der Waals surface area contributed by atoms with E-state index in [0.717, 1.165) is 19.1 Å². The Balaban J connectivity index is 2.18. The van der Waals surface area contributed by atoms with Gasteiger partial charge < -0.3 is 5.32 Å². The van der Waals surface area contributed by atoms with Crippen molar-refractivity contribution in [1.29, 1.82) is 0 Å². The molecule has 0 saturated heterocycles. The molecule has 0 bridgehead atoms. The first-order chi connectivity index (χ1) is 6.11. The Bertz CT molecular complexity index is 174. The molecule has 13 heavy (non-hydrogen) atoms. The molecule has 0 heterocycles. The second kappa shape index (κ2) is 4.61. The van der Waals surface area contributed by atoms with Gasteiger partial charge in [0.2, 0.25) is 5.91 Å². The molecule has 0 aromatic heterocycles. The molecule has 1 aliphatic carbocycles. The lowest BCUT2D eigenvalue weighted by atomic mass is 10.3. The second-order valence-electron chi connectivity index (χ2n) is 4.05. The molecule has 0 unspecified atom stereocenters. The summed E-state index contributed by atoms with van der Waals surface area (Å²) < 4.78 is 0. The monoisotopic (exact) mass is 184 g/mol. The van der Waals surface area contributed by atoms with E-state index in [0.29, 0.717) is 6.04 Å². The Hall–Kier alpha value is -0.570. The summed E-state index contributed by atoms with van der Waals surface area (Å²) in [5.41, 5.74) is 0. The number of carbonyl (C=O) groups is 1. The Morgan fingerprint density at radius 2 is 2.15 bits per heavy atom. The van der Waals surface area contributed by atoms with Crippen molar-refractivity contribution < 1.29 is 4.79 Å². The van der Waals surface area contributed by atoms with E-state index >= 15 is 0 Å². The van der Waals surface area contributed by atoms with E-state index in [9.17, 15) is 4.79 Å². The van der Waals surface area contributed by atoms with Crippen LogP contribution in [-0.4, -0.2) is 36.0 Å². The smallest absolute Gasteiger partial charge is 0.216 e. The van der Waals surface area contributed by atoms with Crippen LogP contribution in [0.25, 0.3) is 0 Å². The third-order valence-electron chi connectivity index (χ3n) is 2.42. The minimum Gasteiger partial charge on any atom is -0.355 e. The standard InChI is InChI=1S/C10H20N2O/c1-8(2)12(10-4-5-10)7-6-11-9(3)13/h8,10H,4-7H2,1-3H3,(H,11,13). The zero-order valence-electron chi connectivity index (χ0n) is 8.84. The fourth-order valence-electron chi connectivity index (χ4n) is 1.63. The van der Waals surface area contributed by atoms with Crippen LogP contribution in [0, 0.1) is 0 Å². The number of nitrogens with one attached hydrogen (secondary N) is 1. The molecular weight excluding hydrogens is 164 g/mol. The van der Waals surface area contributed by atoms with Crippen molar-refractivity contribution in [3.63, 3.8) is 0 Å². The number of amides is 1. The highest BCUT2D eigenvalue weighted by Gasteiger charge is 2.29. The van der Waals surface area contributed by atoms with Crippen molar-refractivity contribution in [3.05, 3.63) is 0 Å². The summed E-state index contributed by atoms with van der Waals surface area (Å²) in [7, 11) is 0. The van der Waals surface area contributed by atoms with Crippen LogP contribution in [0.5, 0.6) is 0 Å². The molecule has 1 N–H and O–H groups in total. The quantitative estimate of drug-likeness (QED) is 0.691. The van der Waals surface area contributed by atoms with Crippen LogP contribution in [0.15, 0.2) is 0 Å². The van der Waals surface area contributed by atoms with Crippen LogP contribution in [0.4, 0.5) is 0 Å². The second-order valence-corrected chi connectivity index (χ2v) is 4.05. The maximum atomic E-state index is 10.7. The molecule has 1 rings (SSSR count). The summed E-state index contributed by atoms with van der Waals surface area (Å²) in [5, 5.41) is 2.83. The predicted octanol–water partition coefficient (Wildman–Crippen LogP) is 0.995. The highest BCUT2D eigenvalue weighted by Crippen LogP contribution is 2.27. The van der Waals surface area contributed by atoms with Crippen molar-refractivity contribution in [2.75, 3.05) is 13.1 Å². The Morgan fingerprint density at radius 1 is 1.54 bits per heavy atom. The van der Waals surface area contributed by atoms with E-state index in [-0.39, 0.29) is 5.91 Å². The maximum absolute atomic E-state index is 10.7. The van der Waals surface area contributed by atoms with Gasteiger partial charge >= 0.3 is 0 Å². The third-order valence-corrected chi connectivity index (χ3v) is 2.42. The summed E-state index contributed by atoms with van der Waals surface area (Å²) in [6.45, 7) is 7.76. The van der Waals surface area contributed by atoms with Gasteiger partial charge in [-0.25, -0.2) is 0 Å². The van der Waals surface area contributed by atoms with E-state index in [1.54, 1.807) is 6.92 Å². The molecule has 1 aliphatic rings. The van der Waals surface area contributed by atoms with Gasteiger partial charge in [-0.3, -0.25) is 9.69 Å². The molecule has 3 heteroatoms. The Kier molecular flexibility index (Phi) is 3.72. The summed E-state index contributed by atoms with van der Waals surface area (Å²) in [6, 6.07) is 1.38. The molecule has 0 atom stereocenters. The first kappa shape index (κ1) is 10.5. The minimum absolute atomic E-state index is 0.0690. The van der Waals surface area contributed by atoms with Gasteiger partial charge in [0.25, 0.3) is 0 Å². The number of nitrogens with zero attached hydrogens (tertiary/aromatic N) is 1. The first-order valence-electron chi connectivity index (χ1n) is 5.11. The summed E-state index contributed by atoms with van der Waals surface area (Å²) in [4.78, 5) is 13.1. The predicted molar refractivity (Wildman–Crippen MR) is 53.5 cm³/mol. The minimum atomic E-state index is 0.0690. The SMILES string of the molecule is CC(=O)NCCN(C(C)C)C1CC1. The van der Waals surface area contributed by atoms with Gasteiger partial charge in [-0.1, -0.05) is 0 Å². The number of hydrogen-bond donors (Lipinski definition) is 1. The van der Waals surface area contributed by atoms with Crippen molar-refractivity contribution in [3.8, 4) is 0 Å². The van der Waals surface area contributed by atoms with Crippen LogP contribution < -0.4 is 5.32 Å². The zero-order valence-corrected chi connectivity index (χ0v) is 8.84. The highest BCUT2D eigenvalue weighted by atomic mass is 16.1. The molecule has 0 radical (unpaired) electrons. The van der Waals surface area contributed by atoms with E-state index < -0.39 is 0 Å². The topological polar surface area (TPSA) is 32.3 Å². The summed E-state index contributed by atoms with van der Waals surface area (Å²) in [6.07, 6.45) is 2.66. The molecule has 0 aromatic carbocycles. The summed E-state index contributed by atoms with van der Waals surface area (Å²) >= 11 is 0. The lowest BCUT2D eigenvalue weighted by molar-refractivity contribution is -0.119. The molecule has 0 aliphatic heterocycles. The van der Waals surface area contributed by atoms with Crippen molar-refractivity contribution in [2.24, 2.45) is 0 Å². The molecule has 1 saturated carbocycles. The molecule has 0 aromatic rings. The fraction of sp³-hybridized carbons (Fsp3) is 0.900. The van der Waals surface area contributed by atoms with Gasteiger partial charge in [0, 0.05) is 32.1 Å². The van der Waals surface area contributed by atoms with E-state index in [4.69, 9.17) is 0 Å². The van der Waals surface area contributed by atoms with Gasteiger partial charge in [-0.2, -0.15) is 0 Å². The van der Waals surface area contributed by atoms with E-state index in [2.05, 4.69) is 24.1 Å². The molecule has 76 valence electrons. The highest BCUT2D eigenvalue weighted by molar-refractivity contribution is 5.72. The lowest BCUT2D eigenvalue weighted by Gasteiger charge is -2.26. The van der Waals surface area contributed by atoms with E-state index in [1.807, 2.05) is 0 Å². The molecule has 1 amide bonds. The summed E-state index contributed by atoms with van der Waals surface area (Å²) in [5.74, 6) is 0.0690. The van der Waals surface area contributed by atoms with Crippen molar-refractivity contribution in [2.45, 2.75) is 45.7 Å². The average Bonchev–Trinajstić information content (AvgIpc) is 2.79. The average molecular weight is 184 g/mol. The number of rotatable bonds is 5. The first-order valence-corrected chi connectivity index (χ1v) is 5.11. The zero-order chi connectivity index (χ0) is 9.84. The molecule has 3 nitrogen and oxygen atoms in total. The third kappa shape index (κ3) is 3.77. The molecule has 0 spiro atoms. The number of hydrogen-bond acceptors (Lipinski definition) is 2. The molecule has 1 fully saturated rings. The number of carbonyl (C=O) groups excluding carboxylic acids is 1. The van der Waals surface area contributed by atoms with Gasteiger partial charge in [0.15, 0.2) is 0 Å². The van der Waals surface area contributed by atoms with Gasteiger partial charge in [-0.15, -0.1) is 0 Å². The fourth-order valence-corrected chi connectivity index (χ4v) is 1.63. The normalized spacial score (nSPS) is 16.7. The molecular formula is C10H20N2O. The van der Waals surface area contributed by atoms with Crippen LogP contribution in [0.1, 0.15) is 33.6 Å². The van der Waals surface area contributed by atoms with Crippen LogP contribution in [-0.2, 0) is 4.79 Å². The van der Waals surface area contributed by atoms with Gasteiger partial charge in [0.1, 0.15) is 0 Å². The van der Waals surface area contributed by atoms with Crippen LogP contribution in [0.3, 0.4) is 0 Å².